The van der Waals surface area contributed by atoms with Gasteiger partial charge in [0.25, 0.3) is 11.6 Å². The summed E-state index contributed by atoms with van der Waals surface area (Å²) in [5.74, 6) is -1.27. The van der Waals surface area contributed by atoms with E-state index in [1.807, 2.05) is 37.3 Å². The van der Waals surface area contributed by atoms with Crippen LogP contribution >= 0.6 is 11.3 Å². The normalized spacial score (nSPS) is 10.3. The van der Waals surface area contributed by atoms with Gasteiger partial charge in [-0.1, -0.05) is 30.3 Å². The van der Waals surface area contributed by atoms with Gasteiger partial charge in [0, 0.05) is 22.6 Å². The Morgan fingerprint density at radius 3 is 2.46 bits per heavy atom. The first-order valence-electron chi connectivity index (χ1n) is 8.18. The van der Waals surface area contributed by atoms with Gasteiger partial charge in [-0.05, 0) is 19.1 Å². The third-order valence-electron chi connectivity index (χ3n) is 3.74. The van der Waals surface area contributed by atoms with Crippen molar-refractivity contribution in [2.75, 3.05) is 11.9 Å². The molecule has 9 heteroatoms. The van der Waals surface area contributed by atoms with E-state index < -0.39 is 23.4 Å². The quantitative estimate of drug-likeness (QED) is 0.384. The smallest absolute Gasteiger partial charge is 0.338 e. The molecule has 0 aliphatic rings. The first-order chi connectivity index (χ1) is 13.4. The first kappa shape index (κ1) is 19.2. The van der Waals surface area contributed by atoms with Crippen molar-refractivity contribution in [3.05, 3.63) is 75.2 Å². The summed E-state index contributed by atoms with van der Waals surface area (Å²) in [6.45, 7) is 1.42. The van der Waals surface area contributed by atoms with E-state index in [0.717, 1.165) is 16.1 Å². The van der Waals surface area contributed by atoms with Crippen LogP contribution in [0.25, 0.3) is 11.3 Å². The Kier molecular flexibility index (Phi) is 5.75. The predicted molar refractivity (Wildman–Crippen MR) is 104 cm³/mol. The van der Waals surface area contributed by atoms with Crippen molar-refractivity contribution in [3.8, 4) is 11.3 Å². The minimum absolute atomic E-state index is 0.120. The number of aryl methyl sites for hydroxylation is 1. The van der Waals surface area contributed by atoms with Crippen LogP contribution in [0.15, 0.2) is 54.6 Å². The number of amides is 1. The summed E-state index contributed by atoms with van der Waals surface area (Å²) in [6, 6.07) is 14.5. The molecular weight excluding hydrogens is 382 g/mol. The summed E-state index contributed by atoms with van der Waals surface area (Å²) in [4.78, 5) is 39.4. The lowest BCUT2D eigenvalue weighted by Gasteiger charge is -2.04. The molecular formula is C19H15N3O5S. The zero-order chi connectivity index (χ0) is 20.1. The third kappa shape index (κ3) is 4.57. The number of rotatable bonds is 6. The number of nitro groups is 1. The van der Waals surface area contributed by atoms with Crippen LogP contribution in [0.3, 0.4) is 0 Å². The maximum atomic E-state index is 12.0. The summed E-state index contributed by atoms with van der Waals surface area (Å²) in [6.07, 6.45) is 0. The van der Waals surface area contributed by atoms with Gasteiger partial charge in [0.1, 0.15) is 0 Å². The molecule has 0 spiro atoms. The number of benzene rings is 2. The number of thiazole rings is 1. The average molecular weight is 397 g/mol. The van der Waals surface area contributed by atoms with Crippen LogP contribution in [0.4, 0.5) is 10.8 Å². The van der Waals surface area contributed by atoms with Crippen molar-refractivity contribution in [2.45, 2.75) is 6.92 Å². The van der Waals surface area contributed by atoms with E-state index in [-0.39, 0.29) is 11.3 Å². The molecule has 0 bridgehead atoms. The van der Waals surface area contributed by atoms with Crippen molar-refractivity contribution in [2.24, 2.45) is 0 Å². The van der Waals surface area contributed by atoms with Gasteiger partial charge < -0.3 is 4.74 Å². The van der Waals surface area contributed by atoms with Crippen molar-refractivity contribution >= 4 is 34.0 Å². The molecule has 1 N–H and O–H groups in total. The Hall–Kier alpha value is -3.59. The van der Waals surface area contributed by atoms with Crippen LogP contribution in [0.5, 0.6) is 0 Å². The van der Waals surface area contributed by atoms with Gasteiger partial charge in [-0.2, -0.15) is 0 Å². The zero-order valence-corrected chi connectivity index (χ0v) is 15.6. The fourth-order valence-corrected chi connectivity index (χ4v) is 3.25. The maximum Gasteiger partial charge on any atom is 0.338 e. The molecule has 0 atom stereocenters. The highest BCUT2D eigenvalue weighted by Crippen LogP contribution is 2.30. The third-order valence-corrected chi connectivity index (χ3v) is 4.62. The largest absolute Gasteiger partial charge is 0.452 e. The number of hydrogen-bond acceptors (Lipinski definition) is 7. The molecule has 0 saturated carbocycles. The van der Waals surface area contributed by atoms with Crippen molar-refractivity contribution in [3.63, 3.8) is 0 Å². The van der Waals surface area contributed by atoms with Gasteiger partial charge in [0.2, 0.25) is 0 Å². The van der Waals surface area contributed by atoms with Crippen LogP contribution in [-0.2, 0) is 9.53 Å². The summed E-state index contributed by atoms with van der Waals surface area (Å²) in [5, 5.41) is 13.6. The van der Waals surface area contributed by atoms with Gasteiger partial charge in [-0.3, -0.25) is 20.2 Å². The fraction of sp³-hybridized carbons (Fsp3) is 0.105. The molecule has 1 amide bonds. The highest BCUT2D eigenvalue weighted by Gasteiger charge is 2.15. The molecule has 28 heavy (non-hydrogen) atoms. The summed E-state index contributed by atoms with van der Waals surface area (Å²) in [5.41, 5.74) is 1.71. The molecule has 0 aliphatic carbocycles. The second-order valence-electron chi connectivity index (χ2n) is 5.72. The number of aromatic nitrogens is 1. The predicted octanol–water partition coefficient (Wildman–Crippen LogP) is 3.82. The molecule has 0 aliphatic heterocycles. The second kappa shape index (κ2) is 8.40. The van der Waals surface area contributed by atoms with Gasteiger partial charge in [-0.25, -0.2) is 9.78 Å². The van der Waals surface area contributed by atoms with E-state index in [2.05, 4.69) is 10.3 Å². The van der Waals surface area contributed by atoms with E-state index in [1.54, 1.807) is 0 Å². The molecule has 142 valence electrons. The minimum atomic E-state index is -0.745. The van der Waals surface area contributed by atoms with E-state index in [1.165, 1.54) is 35.6 Å². The Morgan fingerprint density at radius 1 is 1.14 bits per heavy atom. The molecule has 3 rings (SSSR count). The topological polar surface area (TPSA) is 111 Å². The summed E-state index contributed by atoms with van der Waals surface area (Å²) >= 11 is 1.33. The van der Waals surface area contributed by atoms with Gasteiger partial charge >= 0.3 is 5.97 Å². The van der Waals surface area contributed by atoms with Gasteiger partial charge in [0.15, 0.2) is 11.7 Å². The van der Waals surface area contributed by atoms with E-state index in [9.17, 15) is 19.7 Å². The van der Waals surface area contributed by atoms with Crippen LogP contribution < -0.4 is 5.32 Å². The van der Waals surface area contributed by atoms with Crippen LogP contribution in [0, 0.1) is 17.0 Å². The molecule has 2 aromatic carbocycles. The Balaban J connectivity index is 1.57. The lowest BCUT2D eigenvalue weighted by atomic mass is 10.1. The van der Waals surface area contributed by atoms with Crippen LogP contribution in [-0.4, -0.2) is 28.4 Å². The lowest BCUT2D eigenvalue weighted by Crippen LogP contribution is -2.20. The number of non-ortho nitro benzene ring substituents is 1. The summed E-state index contributed by atoms with van der Waals surface area (Å²) in [7, 11) is 0. The number of nitro benzene ring substituents is 1. The van der Waals surface area contributed by atoms with Gasteiger partial charge in [-0.15, -0.1) is 11.3 Å². The fourth-order valence-electron chi connectivity index (χ4n) is 2.40. The number of nitrogens with one attached hydrogen (secondary N) is 1. The zero-order valence-electron chi connectivity index (χ0n) is 14.7. The number of hydrogen-bond donors (Lipinski definition) is 1. The van der Waals surface area contributed by atoms with Gasteiger partial charge in [0.05, 0.1) is 16.2 Å². The number of carbonyl (C=O) groups excluding carboxylic acids is 2. The molecule has 0 fully saturated rings. The average Bonchev–Trinajstić information content (AvgIpc) is 3.06. The van der Waals surface area contributed by atoms with E-state index in [0.29, 0.717) is 5.13 Å². The molecule has 8 nitrogen and oxygen atoms in total. The van der Waals surface area contributed by atoms with E-state index >= 15 is 0 Å². The number of anilines is 1. The molecule has 1 aromatic heterocycles. The Bertz CT molecular complexity index is 1020. The van der Waals surface area contributed by atoms with Crippen LogP contribution in [0.2, 0.25) is 0 Å². The number of esters is 1. The summed E-state index contributed by atoms with van der Waals surface area (Å²) < 4.78 is 4.94. The highest BCUT2D eigenvalue weighted by molar-refractivity contribution is 7.16. The Morgan fingerprint density at radius 2 is 1.82 bits per heavy atom. The monoisotopic (exact) mass is 397 g/mol. The SMILES string of the molecule is Cc1sc(NC(=O)COC(=O)c2ccc([N+](=O)[O-])cc2)nc1-c1ccccc1. The highest BCUT2D eigenvalue weighted by atomic mass is 32.1. The standard InChI is InChI=1S/C19H15N3O5S/c1-12-17(13-5-3-2-4-6-13)21-19(28-12)20-16(23)11-27-18(24)14-7-9-15(10-8-14)22(25)26/h2-10H,11H2,1H3,(H,20,21,23). The van der Waals surface area contributed by atoms with E-state index in [4.69, 9.17) is 4.74 Å². The van der Waals surface area contributed by atoms with Crippen molar-refractivity contribution < 1.29 is 19.2 Å². The van der Waals surface area contributed by atoms with Crippen molar-refractivity contribution in [1.82, 2.24) is 4.98 Å². The maximum absolute atomic E-state index is 12.0. The van der Waals surface area contributed by atoms with Crippen LogP contribution in [0.1, 0.15) is 15.2 Å². The number of nitrogens with zero attached hydrogens (tertiary/aromatic N) is 2. The molecule has 0 unspecified atom stereocenters. The Labute approximate surface area is 164 Å². The first-order valence-corrected chi connectivity index (χ1v) is 9.00. The molecule has 0 radical (unpaired) electrons. The molecule has 1 heterocycles. The second-order valence-corrected chi connectivity index (χ2v) is 6.92. The number of ether oxygens (including phenoxy) is 1. The minimum Gasteiger partial charge on any atom is -0.452 e. The van der Waals surface area contributed by atoms with Crippen molar-refractivity contribution in [1.29, 1.82) is 0 Å². The molecule has 0 saturated heterocycles. The lowest BCUT2D eigenvalue weighted by molar-refractivity contribution is -0.384. The molecule has 3 aromatic rings. The number of carbonyl (C=O) groups is 2.